The summed E-state index contributed by atoms with van der Waals surface area (Å²) in [5.41, 5.74) is 3.96. The first kappa shape index (κ1) is 13.5. The fourth-order valence-corrected chi connectivity index (χ4v) is 2.14. The number of aryl methyl sites for hydroxylation is 1. The van der Waals surface area contributed by atoms with Gasteiger partial charge < -0.3 is 5.32 Å². The number of nitrogens with zero attached hydrogens (tertiary/aromatic N) is 1. The van der Waals surface area contributed by atoms with Gasteiger partial charge in [0.1, 0.15) is 6.07 Å². The van der Waals surface area contributed by atoms with Crippen LogP contribution in [-0.2, 0) is 6.42 Å². The smallest absolute Gasteiger partial charge is 0.101 e. The van der Waals surface area contributed by atoms with Crippen molar-refractivity contribution in [3.63, 3.8) is 0 Å². The number of hydrogen-bond acceptors (Lipinski definition) is 2. The Hall–Kier alpha value is -1.98. The molecule has 0 radical (unpaired) electrons. The standard InChI is InChI=1S/C16H15ClN2/c1-12-3-2-4-13(9-12)7-8-19-16-10-15(17)6-5-14(16)11-18/h2-6,9-10,19H,7-8H2,1H3. The zero-order valence-corrected chi connectivity index (χ0v) is 11.5. The molecule has 3 heteroatoms. The van der Waals surface area contributed by atoms with E-state index in [-0.39, 0.29) is 0 Å². The van der Waals surface area contributed by atoms with E-state index in [1.165, 1.54) is 11.1 Å². The molecule has 0 heterocycles. The Morgan fingerprint density at radius 1 is 1.21 bits per heavy atom. The molecule has 0 aliphatic carbocycles. The summed E-state index contributed by atoms with van der Waals surface area (Å²) in [5.74, 6) is 0. The number of nitriles is 1. The first-order chi connectivity index (χ1) is 9.19. The minimum atomic E-state index is 0.619. The van der Waals surface area contributed by atoms with Crippen molar-refractivity contribution in [2.24, 2.45) is 0 Å². The monoisotopic (exact) mass is 270 g/mol. The summed E-state index contributed by atoms with van der Waals surface area (Å²) >= 11 is 5.94. The molecule has 2 rings (SSSR count). The largest absolute Gasteiger partial charge is 0.384 e. The molecule has 0 aliphatic heterocycles. The lowest BCUT2D eigenvalue weighted by molar-refractivity contribution is 1.02. The number of rotatable bonds is 4. The maximum Gasteiger partial charge on any atom is 0.101 e. The van der Waals surface area contributed by atoms with Gasteiger partial charge in [-0.3, -0.25) is 0 Å². The molecule has 0 saturated heterocycles. The predicted octanol–water partition coefficient (Wildman–Crippen LogP) is 4.17. The molecular weight excluding hydrogens is 256 g/mol. The van der Waals surface area contributed by atoms with Crippen molar-refractivity contribution in [3.05, 3.63) is 64.2 Å². The van der Waals surface area contributed by atoms with Crippen molar-refractivity contribution in [1.29, 1.82) is 5.26 Å². The van der Waals surface area contributed by atoms with Gasteiger partial charge in [0.15, 0.2) is 0 Å². The highest BCUT2D eigenvalue weighted by Gasteiger charge is 2.02. The first-order valence-electron chi connectivity index (χ1n) is 6.18. The van der Waals surface area contributed by atoms with Gasteiger partial charge in [-0.15, -0.1) is 0 Å². The average molecular weight is 271 g/mol. The Labute approximate surface area is 118 Å². The molecule has 2 aromatic rings. The molecule has 0 aromatic heterocycles. The summed E-state index contributed by atoms with van der Waals surface area (Å²) in [6.07, 6.45) is 0.916. The molecule has 0 unspecified atom stereocenters. The van der Waals surface area contributed by atoms with Gasteiger partial charge in [0.2, 0.25) is 0 Å². The van der Waals surface area contributed by atoms with Crippen LogP contribution in [0.3, 0.4) is 0 Å². The predicted molar refractivity (Wildman–Crippen MR) is 79.5 cm³/mol. The lowest BCUT2D eigenvalue weighted by atomic mass is 10.1. The quantitative estimate of drug-likeness (QED) is 0.905. The fourth-order valence-electron chi connectivity index (χ4n) is 1.97. The zero-order valence-electron chi connectivity index (χ0n) is 10.8. The van der Waals surface area contributed by atoms with Crippen molar-refractivity contribution in [2.75, 3.05) is 11.9 Å². The van der Waals surface area contributed by atoms with E-state index < -0.39 is 0 Å². The average Bonchev–Trinajstić information content (AvgIpc) is 2.39. The summed E-state index contributed by atoms with van der Waals surface area (Å²) < 4.78 is 0. The van der Waals surface area contributed by atoms with E-state index in [0.29, 0.717) is 10.6 Å². The minimum Gasteiger partial charge on any atom is -0.384 e. The Balaban J connectivity index is 2.00. The zero-order chi connectivity index (χ0) is 13.7. The van der Waals surface area contributed by atoms with Gasteiger partial charge in [0.05, 0.1) is 11.3 Å². The van der Waals surface area contributed by atoms with E-state index in [2.05, 4.69) is 42.6 Å². The third-order valence-electron chi connectivity index (χ3n) is 2.91. The highest BCUT2D eigenvalue weighted by atomic mass is 35.5. The molecule has 2 nitrogen and oxygen atoms in total. The Morgan fingerprint density at radius 2 is 2.05 bits per heavy atom. The van der Waals surface area contributed by atoms with E-state index in [1.807, 2.05) is 0 Å². The Kier molecular flexibility index (Phi) is 4.43. The Bertz CT molecular complexity index is 614. The minimum absolute atomic E-state index is 0.619. The maximum absolute atomic E-state index is 9.03. The van der Waals surface area contributed by atoms with Crippen LogP contribution in [-0.4, -0.2) is 6.54 Å². The number of anilines is 1. The van der Waals surface area contributed by atoms with E-state index in [9.17, 15) is 0 Å². The van der Waals surface area contributed by atoms with Gasteiger partial charge in [0, 0.05) is 11.6 Å². The molecule has 2 aromatic carbocycles. The summed E-state index contributed by atoms with van der Waals surface area (Å²) in [6, 6.07) is 15.8. The van der Waals surface area contributed by atoms with E-state index in [1.54, 1.807) is 18.2 Å². The SMILES string of the molecule is Cc1cccc(CCNc2cc(Cl)ccc2C#N)c1. The molecule has 0 amide bonds. The lowest BCUT2D eigenvalue weighted by Gasteiger charge is -2.09. The second-order valence-corrected chi connectivity index (χ2v) is 4.90. The molecule has 0 spiro atoms. The first-order valence-corrected chi connectivity index (χ1v) is 6.56. The maximum atomic E-state index is 9.03. The van der Waals surface area contributed by atoms with E-state index in [0.717, 1.165) is 18.7 Å². The highest BCUT2D eigenvalue weighted by molar-refractivity contribution is 6.30. The van der Waals surface area contributed by atoms with Crippen LogP contribution in [0.2, 0.25) is 5.02 Å². The molecule has 0 saturated carbocycles. The second kappa shape index (κ2) is 6.26. The van der Waals surface area contributed by atoms with Crippen LogP contribution in [0.15, 0.2) is 42.5 Å². The summed E-state index contributed by atoms with van der Waals surface area (Å²) in [5, 5.41) is 12.9. The molecule has 0 aliphatic rings. The van der Waals surface area contributed by atoms with E-state index in [4.69, 9.17) is 16.9 Å². The van der Waals surface area contributed by atoms with Crippen LogP contribution < -0.4 is 5.32 Å². The molecule has 96 valence electrons. The van der Waals surface area contributed by atoms with Crippen LogP contribution in [0, 0.1) is 18.3 Å². The molecule has 0 fully saturated rings. The van der Waals surface area contributed by atoms with Gasteiger partial charge in [-0.05, 0) is 37.1 Å². The van der Waals surface area contributed by atoms with E-state index >= 15 is 0 Å². The van der Waals surface area contributed by atoms with Gasteiger partial charge in [-0.1, -0.05) is 41.4 Å². The summed E-state index contributed by atoms with van der Waals surface area (Å²) in [4.78, 5) is 0. The van der Waals surface area contributed by atoms with Crippen LogP contribution in [0.5, 0.6) is 0 Å². The lowest BCUT2D eigenvalue weighted by Crippen LogP contribution is -2.06. The van der Waals surface area contributed by atoms with Crippen molar-refractivity contribution in [1.82, 2.24) is 0 Å². The molecular formula is C16H15ClN2. The molecule has 0 atom stereocenters. The highest BCUT2D eigenvalue weighted by Crippen LogP contribution is 2.20. The van der Waals surface area contributed by atoms with Gasteiger partial charge in [-0.25, -0.2) is 0 Å². The van der Waals surface area contributed by atoms with Crippen molar-refractivity contribution < 1.29 is 0 Å². The van der Waals surface area contributed by atoms with Gasteiger partial charge in [-0.2, -0.15) is 5.26 Å². The van der Waals surface area contributed by atoms with Crippen LogP contribution >= 0.6 is 11.6 Å². The van der Waals surface area contributed by atoms with Crippen LogP contribution in [0.25, 0.3) is 0 Å². The molecule has 1 N–H and O–H groups in total. The van der Waals surface area contributed by atoms with Crippen LogP contribution in [0.4, 0.5) is 5.69 Å². The van der Waals surface area contributed by atoms with Gasteiger partial charge >= 0.3 is 0 Å². The fraction of sp³-hybridized carbons (Fsp3) is 0.188. The normalized spacial score (nSPS) is 9.95. The third kappa shape index (κ3) is 3.74. The number of hydrogen-bond donors (Lipinski definition) is 1. The van der Waals surface area contributed by atoms with Crippen molar-refractivity contribution in [2.45, 2.75) is 13.3 Å². The van der Waals surface area contributed by atoms with Gasteiger partial charge in [0.25, 0.3) is 0 Å². The number of halogens is 1. The van der Waals surface area contributed by atoms with Crippen molar-refractivity contribution in [3.8, 4) is 6.07 Å². The summed E-state index contributed by atoms with van der Waals surface area (Å²) in [6.45, 7) is 2.86. The second-order valence-electron chi connectivity index (χ2n) is 4.47. The number of nitrogens with one attached hydrogen (secondary N) is 1. The molecule has 19 heavy (non-hydrogen) atoms. The number of benzene rings is 2. The molecule has 0 bridgehead atoms. The van der Waals surface area contributed by atoms with Crippen molar-refractivity contribution >= 4 is 17.3 Å². The summed E-state index contributed by atoms with van der Waals surface area (Å²) in [7, 11) is 0. The van der Waals surface area contributed by atoms with Crippen LogP contribution in [0.1, 0.15) is 16.7 Å². The third-order valence-corrected chi connectivity index (χ3v) is 3.15. The Morgan fingerprint density at radius 3 is 2.79 bits per heavy atom. The topological polar surface area (TPSA) is 35.8 Å².